The fourth-order valence-electron chi connectivity index (χ4n) is 1.71. The second-order valence-corrected chi connectivity index (χ2v) is 3.62. The van der Waals surface area contributed by atoms with Gasteiger partial charge in [0.25, 0.3) is 0 Å². The largest absolute Gasteiger partial charge is 0.367 e. The van der Waals surface area contributed by atoms with Gasteiger partial charge in [-0.25, -0.2) is 18.3 Å². The van der Waals surface area contributed by atoms with E-state index in [1.165, 1.54) is 29.0 Å². The normalized spacial score (nSPS) is 11.0. The van der Waals surface area contributed by atoms with Crippen molar-refractivity contribution in [2.24, 2.45) is 0 Å². The molecule has 90 valence electrons. The van der Waals surface area contributed by atoms with E-state index in [4.69, 9.17) is 5.73 Å². The lowest BCUT2D eigenvalue weighted by atomic mass is 10.2. The molecule has 5 nitrogen and oxygen atoms in total. The van der Waals surface area contributed by atoms with Gasteiger partial charge in [-0.05, 0) is 12.1 Å². The van der Waals surface area contributed by atoms with Crippen molar-refractivity contribution < 1.29 is 8.78 Å². The van der Waals surface area contributed by atoms with Crippen LogP contribution in [0.25, 0.3) is 16.9 Å². The standard InChI is InChI=1S/C11H7F2N5/c12-6-2-1-3-15-10(6)8-4-7(13)9-5-16-11(14)17-18(8)9/h1-5H,(H2,14,17). The molecule has 3 aromatic rings. The highest BCUT2D eigenvalue weighted by atomic mass is 19.1. The van der Waals surface area contributed by atoms with E-state index in [9.17, 15) is 8.78 Å². The van der Waals surface area contributed by atoms with E-state index in [0.717, 1.165) is 6.07 Å². The number of fused-ring (bicyclic) bond motifs is 1. The van der Waals surface area contributed by atoms with Crippen LogP contribution in [0.5, 0.6) is 0 Å². The lowest BCUT2D eigenvalue weighted by molar-refractivity contribution is 0.624. The summed E-state index contributed by atoms with van der Waals surface area (Å²) in [5.41, 5.74) is 5.75. The molecule has 0 atom stereocenters. The molecule has 0 fully saturated rings. The van der Waals surface area contributed by atoms with Crippen LogP contribution < -0.4 is 5.73 Å². The second-order valence-electron chi connectivity index (χ2n) is 3.62. The first-order valence-corrected chi connectivity index (χ1v) is 5.07. The zero-order chi connectivity index (χ0) is 12.7. The molecule has 18 heavy (non-hydrogen) atoms. The number of nitrogens with zero attached hydrogens (tertiary/aromatic N) is 4. The first kappa shape index (κ1) is 10.6. The highest BCUT2D eigenvalue weighted by Gasteiger charge is 2.16. The molecule has 0 aliphatic carbocycles. The minimum atomic E-state index is -0.561. The minimum Gasteiger partial charge on any atom is -0.367 e. The minimum absolute atomic E-state index is 0.00880. The van der Waals surface area contributed by atoms with Crippen molar-refractivity contribution >= 4 is 11.5 Å². The molecule has 3 rings (SSSR count). The number of anilines is 1. The van der Waals surface area contributed by atoms with Crippen molar-refractivity contribution in [2.75, 3.05) is 5.73 Å². The van der Waals surface area contributed by atoms with Gasteiger partial charge in [-0.15, -0.1) is 5.10 Å². The van der Waals surface area contributed by atoms with Crippen LogP contribution in [-0.4, -0.2) is 19.6 Å². The smallest absolute Gasteiger partial charge is 0.238 e. The number of hydrogen-bond acceptors (Lipinski definition) is 4. The molecule has 2 N–H and O–H groups in total. The maximum atomic E-state index is 13.7. The van der Waals surface area contributed by atoms with Gasteiger partial charge in [-0.1, -0.05) is 0 Å². The maximum Gasteiger partial charge on any atom is 0.238 e. The average Bonchev–Trinajstić information content (AvgIpc) is 2.67. The Balaban J connectivity index is 2.36. The number of halogens is 2. The van der Waals surface area contributed by atoms with Crippen molar-refractivity contribution in [1.82, 2.24) is 19.6 Å². The summed E-state index contributed by atoms with van der Waals surface area (Å²) in [6, 6.07) is 3.84. The Labute approximate surface area is 99.9 Å². The van der Waals surface area contributed by atoms with E-state index < -0.39 is 11.6 Å². The van der Waals surface area contributed by atoms with Gasteiger partial charge in [0.2, 0.25) is 5.95 Å². The van der Waals surface area contributed by atoms with E-state index in [-0.39, 0.29) is 22.9 Å². The zero-order valence-corrected chi connectivity index (χ0v) is 9.01. The molecule has 0 unspecified atom stereocenters. The Morgan fingerprint density at radius 2 is 2.00 bits per heavy atom. The van der Waals surface area contributed by atoms with Crippen LogP contribution in [0.15, 0.2) is 30.6 Å². The zero-order valence-electron chi connectivity index (χ0n) is 9.01. The third-order valence-corrected chi connectivity index (χ3v) is 2.49. The molecule has 0 aliphatic heterocycles. The van der Waals surface area contributed by atoms with Crippen LogP contribution in [0.4, 0.5) is 14.7 Å². The van der Waals surface area contributed by atoms with E-state index in [1.807, 2.05) is 0 Å². The number of nitrogen functional groups attached to an aromatic ring is 1. The molecular formula is C11H7F2N5. The van der Waals surface area contributed by atoms with Gasteiger partial charge in [0, 0.05) is 12.3 Å². The van der Waals surface area contributed by atoms with Gasteiger partial charge in [-0.3, -0.25) is 4.98 Å². The van der Waals surface area contributed by atoms with Crippen LogP contribution in [0, 0.1) is 11.6 Å². The van der Waals surface area contributed by atoms with Crippen molar-refractivity contribution in [3.05, 3.63) is 42.2 Å². The molecule has 0 saturated heterocycles. The summed E-state index contributed by atoms with van der Waals surface area (Å²) < 4.78 is 28.5. The summed E-state index contributed by atoms with van der Waals surface area (Å²) >= 11 is 0. The molecule has 0 aliphatic rings. The monoisotopic (exact) mass is 247 g/mol. The Bertz CT molecular complexity index is 737. The predicted molar refractivity (Wildman–Crippen MR) is 60.5 cm³/mol. The van der Waals surface area contributed by atoms with Gasteiger partial charge in [0.15, 0.2) is 11.6 Å². The summed E-state index contributed by atoms with van der Waals surface area (Å²) in [4.78, 5) is 7.57. The van der Waals surface area contributed by atoms with E-state index in [0.29, 0.717) is 0 Å². The summed E-state index contributed by atoms with van der Waals surface area (Å²) in [7, 11) is 0. The van der Waals surface area contributed by atoms with E-state index in [2.05, 4.69) is 15.1 Å². The van der Waals surface area contributed by atoms with Gasteiger partial charge in [0.1, 0.15) is 11.2 Å². The Morgan fingerprint density at radius 3 is 2.78 bits per heavy atom. The van der Waals surface area contributed by atoms with Crippen LogP contribution >= 0.6 is 0 Å². The molecule has 0 radical (unpaired) electrons. The first-order chi connectivity index (χ1) is 8.66. The first-order valence-electron chi connectivity index (χ1n) is 5.07. The molecule has 0 saturated carbocycles. The number of pyridine rings is 1. The highest BCUT2D eigenvalue weighted by Crippen LogP contribution is 2.24. The van der Waals surface area contributed by atoms with Crippen molar-refractivity contribution in [3.63, 3.8) is 0 Å². The number of nitrogens with two attached hydrogens (primary N) is 1. The van der Waals surface area contributed by atoms with Crippen molar-refractivity contribution in [1.29, 1.82) is 0 Å². The molecule has 7 heteroatoms. The highest BCUT2D eigenvalue weighted by molar-refractivity contribution is 5.64. The molecule has 3 heterocycles. The lowest BCUT2D eigenvalue weighted by Crippen LogP contribution is -2.03. The van der Waals surface area contributed by atoms with Crippen LogP contribution in [0.3, 0.4) is 0 Å². The topological polar surface area (TPSA) is 69.1 Å². The van der Waals surface area contributed by atoms with Gasteiger partial charge in [0.05, 0.1) is 11.9 Å². The number of hydrogen-bond donors (Lipinski definition) is 1. The Hall–Kier alpha value is -2.57. The predicted octanol–water partition coefficient (Wildman–Crippen LogP) is 1.65. The molecule has 0 spiro atoms. The quantitative estimate of drug-likeness (QED) is 0.709. The van der Waals surface area contributed by atoms with Gasteiger partial charge in [-0.2, -0.15) is 0 Å². The SMILES string of the molecule is Nc1ncc2c(F)cc(-c3ncccc3F)n2n1. The van der Waals surface area contributed by atoms with Crippen LogP contribution in [0.1, 0.15) is 0 Å². The summed E-state index contributed by atoms with van der Waals surface area (Å²) in [6.07, 6.45) is 2.66. The molecule has 0 bridgehead atoms. The third-order valence-electron chi connectivity index (χ3n) is 2.49. The summed E-state index contributed by atoms with van der Waals surface area (Å²) in [6.45, 7) is 0. The van der Waals surface area contributed by atoms with Crippen LogP contribution in [0.2, 0.25) is 0 Å². The van der Waals surface area contributed by atoms with Crippen molar-refractivity contribution in [2.45, 2.75) is 0 Å². The third kappa shape index (κ3) is 1.48. The van der Waals surface area contributed by atoms with Gasteiger partial charge < -0.3 is 5.73 Å². The fraction of sp³-hybridized carbons (Fsp3) is 0. The average molecular weight is 247 g/mol. The van der Waals surface area contributed by atoms with E-state index >= 15 is 0 Å². The fourth-order valence-corrected chi connectivity index (χ4v) is 1.71. The molecular weight excluding hydrogens is 240 g/mol. The Morgan fingerprint density at radius 1 is 1.17 bits per heavy atom. The molecule has 0 amide bonds. The van der Waals surface area contributed by atoms with Crippen molar-refractivity contribution in [3.8, 4) is 11.4 Å². The second kappa shape index (κ2) is 3.73. The van der Waals surface area contributed by atoms with Gasteiger partial charge >= 0.3 is 0 Å². The van der Waals surface area contributed by atoms with E-state index in [1.54, 1.807) is 0 Å². The molecule has 0 aromatic carbocycles. The number of rotatable bonds is 1. The van der Waals surface area contributed by atoms with Crippen LogP contribution in [-0.2, 0) is 0 Å². The number of aromatic nitrogens is 4. The Kier molecular flexibility index (Phi) is 2.19. The summed E-state index contributed by atoms with van der Waals surface area (Å²) in [5, 5.41) is 3.85. The lowest BCUT2D eigenvalue weighted by Gasteiger charge is -2.02. The maximum absolute atomic E-state index is 13.7. The molecule has 3 aromatic heterocycles. The summed E-state index contributed by atoms with van der Waals surface area (Å²) in [5.74, 6) is -1.15.